The Bertz CT molecular complexity index is 1760. The third-order valence-corrected chi connectivity index (χ3v) is 14.9. The molecule has 0 aromatic heterocycles. The molecule has 3 aromatic rings. The Kier molecular flexibility index (Phi) is 12.7. The first-order chi connectivity index (χ1) is 25.5. The Balaban J connectivity index is 1.36. The molecule has 1 amide bonds. The number of benzene rings is 3. The number of hydroxylamine groups is 2. The molecule has 1 atom stereocenters. The van der Waals surface area contributed by atoms with Gasteiger partial charge in [0.1, 0.15) is 23.2 Å². The minimum Gasteiger partial charge on any atom is -0.493 e. The highest BCUT2D eigenvalue weighted by molar-refractivity contribution is 6.74. The first kappa shape index (κ1) is 40.7. The number of carbonyl (C=O) groups excluding carboxylic acids is 2. The van der Waals surface area contributed by atoms with E-state index in [0.29, 0.717) is 36.2 Å². The van der Waals surface area contributed by atoms with Crippen molar-refractivity contribution in [2.45, 2.75) is 104 Å². The van der Waals surface area contributed by atoms with E-state index in [9.17, 15) is 9.59 Å². The number of hydrogen-bond donors (Lipinski definition) is 0. The second kappa shape index (κ2) is 16.9. The fourth-order valence-electron chi connectivity index (χ4n) is 6.54. The van der Waals surface area contributed by atoms with Crippen LogP contribution < -0.4 is 14.4 Å². The molecule has 1 unspecified atom stereocenters. The standard InChI is InChI=1S/C43H59N3O7Si/c1-42(2,3)52-41(48)44-27-25-31(26-28-44)15-14-18-39-45(53-54(9,10)43(4,5)6)30-36(40(47)50-8)46(39)34-22-19-32(20-23-34)33-21-24-37(38(29-33)49-7)51-35-16-12-11-13-17-35/h11-13,16-17,19-24,29-31,39H,14-15,18,25-28H2,1-10H3. The van der Waals surface area contributed by atoms with Gasteiger partial charge in [-0.3, -0.25) is 0 Å². The largest absolute Gasteiger partial charge is 0.493 e. The molecule has 0 radical (unpaired) electrons. The van der Waals surface area contributed by atoms with Crippen LogP contribution in [0.25, 0.3) is 11.1 Å². The number of para-hydroxylation sites is 1. The van der Waals surface area contributed by atoms with Gasteiger partial charge in [-0.25, -0.2) is 14.7 Å². The first-order valence-corrected chi connectivity index (χ1v) is 22.0. The van der Waals surface area contributed by atoms with E-state index >= 15 is 0 Å². The van der Waals surface area contributed by atoms with Gasteiger partial charge in [0.05, 0.1) is 20.4 Å². The first-order valence-electron chi connectivity index (χ1n) is 19.1. The lowest BCUT2D eigenvalue weighted by Crippen LogP contribution is -2.50. The number of esters is 1. The molecular formula is C43H59N3O7Si. The summed E-state index contributed by atoms with van der Waals surface area (Å²) in [5, 5.41) is 1.87. The molecule has 5 rings (SSSR count). The summed E-state index contributed by atoms with van der Waals surface area (Å²) in [7, 11) is 0.769. The van der Waals surface area contributed by atoms with E-state index in [4.69, 9.17) is 23.5 Å². The molecule has 2 heterocycles. The third kappa shape index (κ3) is 9.98. The SMILES string of the molecule is COC(=O)C1=CN(O[Si](C)(C)C(C)(C)C)C(CCCC2CCN(C(=O)OC(C)(C)C)CC2)N1c1ccc(-c2ccc(Oc3ccccc3)c(OC)c2)cc1. The minimum atomic E-state index is -2.28. The number of methoxy groups -OCH3 is 2. The van der Waals surface area contributed by atoms with Crippen molar-refractivity contribution in [2.24, 2.45) is 5.92 Å². The van der Waals surface area contributed by atoms with E-state index in [1.54, 1.807) is 7.11 Å². The molecule has 0 bridgehead atoms. The molecule has 54 heavy (non-hydrogen) atoms. The number of ether oxygens (including phenoxy) is 4. The van der Waals surface area contributed by atoms with Gasteiger partial charge in [-0.2, -0.15) is 0 Å². The highest BCUT2D eigenvalue weighted by atomic mass is 28.4. The molecule has 0 N–H and O–H groups in total. The molecule has 3 aromatic carbocycles. The third-order valence-electron chi connectivity index (χ3n) is 10.6. The van der Waals surface area contributed by atoms with Crippen molar-refractivity contribution in [3.63, 3.8) is 0 Å². The quantitative estimate of drug-likeness (QED) is 0.132. The average molecular weight is 758 g/mol. The molecule has 2 aliphatic rings. The van der Waals surface area contributed by atoms with Gasteiger partial charge in [-0.1, -0.05) is 63.6 Å². The molecule has 0 spiro atoms. The molecule has 2 aliphatic heterocycles. The van der Waals surface area contributed by atoms with Gasteiger partial charge in [-0.05, 0) is 118 Å². The Hall–Kier alpha value is -4.48. The monoisotopic (exact) mass is 757 g/mol. The summed E-state index contributed by atoms with van der Waals surface area (Å²) in [5.41, 5.74) is 2.76. The average Bonchev–Trinajstić information content (AvgIpc) is 3.48. The smallest absolute Gasteiger partial charge is 0.410 e. The topological polar surface area (TPSA) is 90.0 Å². The summed E-state index contributed by atoms with van der Waals surface area (Å²) in [4.78, 5) is 29.9. The maximum Gasteiger partial charge on any atom is 0.410 e. The Morgan fingerprint density at radius 3 is 2.06 bits per heavy atom. The number of amides is 1. The van der Waals surface area contributed by atoms with Crippen molar-refractivity contribution in [3.05, 3.63) is 84.7 Å². The summed E-state index contributed by atoms with van der Waals surface area (Å²) < 4.78 is 29.6. The number of nitrogens with zero attached hydrogens (tertiary/aromatic N) is 3. The van der Waals surface area contributed by atoms with Gasteiger partial charge in [-0.15, -0.1) is 0 Å². The zero-order valence-electron chi connectivity index (χ0n) is 33.8. The van der Waals surface area contributed by atoms with Crippen LogP contribution in [0.5, 0.6) is 17.2 Å². The van der Waals surface area contributed by atoms with E-state index in [1.807, 2.05) is 97.6 Å². The predicted octanol–water partition coefficient (Wildman–Crippen LogP) is 10.4. The number of anilines is 1. The number of piperidine rings is 1. The molecule has 1 saturated heterocycles. The molecule has 10 nitrogen and oxygen atoms in total. The van der Waals surface area contributed by atoms with Crippen molar-refractivity contribution in [3.8, 4) is 28.4 Å². The van der Waals surface area contributed by atoms with E-state index in [-0.39, 0.29) is 17.3 Å². The van der Waals surface area contributed by atoms with Gasteiger partial charge >= 0.3 is 12.1 Å². The Labute approximate surface area is 323 Å². The van der Waals surface area contributed by atoms with E-state index < -0.39 is 19.9 Å². The van der Waals surface area contributed by atoms with Crippen LogP contribution in [0.4, 0.5) is 10.5 Å². The van der Waals surface area contributed by atoms with Crippen LogP contribution in [0, 0.1) is 5.92 Å². The molecule has 292 valence electrons. The normalized spacial score (nSPS) is 17.0. The van der Waals surface area contributed by atoms with Crippen molar-refractivity contribution in [1.82, 2.24) is 9.96 Å². The van der Waals surface area contributed by atoms with Gasteiger partial charge in [0.2, 0.25) is 8.32 Å². The highest BCUT2D eigenvalue weighted by Crippen LogP contribution is 2.42. The second-order valence-corrected chi connectivity index (χ2v) is 21.4. The number of carbonyl (C=O) groups is 2. The Morgan fingerprint density at radius 2 is 1.46 bits per heavy atom. The van der Waals surface area contributed by atoms with Gasteiger partial charge in [0.25, 0.3) is 0 Å². The maximum absolute atomic E-state index is 13.4. The lowest BCUT2D eigenvalue weighted by Gasteiger charge is -2.42. The lowest BCUT2D eigenvalue weighted by molar-refractivity contribution is -0.136. The van der Waals surface area contributed by atoms with Crippen molar-refractivity contribution < 1.29 is 33.1 Å². The minimum absolute atomic E-state index is 0.0449. The van der Waals surface area contributed by atoms with Crippen molar-refractivity contribution >= 4 is 26.1 Å². The molecule has 0 aliphatic carbocycles. The Morgan fingerprint density at radius 1 is 0.815 bits per heavy atom. The van der Waals surface area contributed by atoms with E-state index in [0.717, 1.165) is 54.7 Å². The fraction of sp³-hybridized carbons (Fsp3) is 0.488. The van der Waals surface area contributed by atoms with Crippen LogP contribution in [0.15, 0.2) is 84.7 Å². The zero-order valence-corrected chi connectivity index (χ0v) is 34.8. The van der Waals surface area contributed by atoms with Crippen molar-refractivity contribution in [2.75, 3.05) is 32.2 Å². The van der Waals surface area contributed by atoms with Crippen LogP contribution in [-0.4, -0.2) is 69.4 Å². The molecular weight excluding hydrogens is 699 g/mol. The van der Waals surface area contributed by atoms with E-state index in [2.05, 4.69) is 50.9 Å². The van der Waals surface area contributed by atoms with Gasteiger partial charge < -0.3 is 33.3 Å². The number of likely N-dealkylation sites (tertiary alicyclic amines) is 1. The van der Waals surface area contributed by atoms with E-state index in [1.165, 1.54) is 7.11 Å². The maximum atomic E-state index is 13.4. The predicted molar refractivity (Wildman–Crippen MR) is 216 cm³/mol. The van der Waals surface area contributed by atoms with Gasteiger partial charge in [0, 0.05) is 18.8 Å². The number of hydrogen-bond acceptors (Lipinski definition) is 9. The number of rotatable bonds is 12. The summed E-state index contributed by atoms with van der Waals surface area (Å²) in [5.74, 6) is 2.08. The summed E-state index contributed by atoms with van der Waals surface area (Å²) in [6.45, 7) is 18.2. The van der Waals surface area contributed by atoms with Crippen LogP contribution in [-0.2, 0) is 18.8 Å². The van der Waals surface area contributed by atoms with Crippen molar-refractivity contribution in [1.29, 1.82) is 0 Å². The molecule has 0 saturated carbocycles. The fourth-order valence-corrected chi connectivity index (χ4v) is 7.51. The summed E-state index contributed by atoms with van der Waals surface area (Å²) in [6.07, 6.45) is 5.91. The van der Waals surface area contributed by atoms with Gasteiger partial charge in [0.15, 0.2) is 11.5 Å². The molecule has 11 heteroatoms. The van der Waals surface area contributed by atoms with Crippen LogP contribution in [0.1, 0.15) is 73.6 Å². The summed E-state index contributed by atoms with van der Waals surface area (Å²) >= 11 is 0. The zero-order chi connectivity index (χ0) is 39.3. The van der Waals surface area contributed by atoms with Crippen LogP contribution in [0.3, 0.4) is 0 Å². The highest BCUT2D eigenvalue weighted by Gasteiger charge is 2.45. The second-order valence-electron chi connectivity index (χ2n) is 16.7. The van der Waals surface area contributed by atoms with Crippen LogP contribution in [0.2, 0.25) is 18.1 Å². The van der Waals surface area contributed by atoms with Crippen LogP contribution >= 0.6 is 0 Å². The lowest BCUT2D eigenvalue weighted by atomic mass is 9.91. The molecule has 1 fully saturated rings. The summed E-state index contributed by atoms with van der Waals surface area (Å²) in [6, 6.07) is 23.7.